The number of alkyl halides is 3. The van der Waals surface area contributed by atoms with Gasteiger partial charge < -0.3 is 9.64 Å². The van der Waals surface area contributed by atoms with Gasteiger partial charge in [-0.05, 0) is 30.3 Å². The number of morpholine rings is 1. The van der Waals surface area contributed by atoms with Gasteiger partial charge in [0.2, 0.25) is 0 Å². The number of anilines is 1. The molecule has 0 radical (unpaired) electrons. The zero-order chi connectivity index (χ0) is 21.2. The Kier molecular flexibility index (Phi) is 6.06. The second-order valence-corrected chi connectivity index (χ2v) is 8.28. The minimum Gasteiger partial charge on any atom is -0.378 e. The summed E-state index contributed by atoms with van der Waals surface area (Å²) in [5.74, 6) is -0.404. The van der Waals surface area contributed by atoms with Crippen molar-refractivity contribution in [1.82, 2.24) is 4.90 Å². The molecule has 1 amide bonds. The average molecular weight is 449 g/mol. The zero-order valence-electron chi connectivity index (χ0n) is 14.9. The van der Waals surface area contributed by atoms with Crippen LogP contribution in [0.3, 0.4) is 0 Å². The molecule has 0 spiro atoms. The van der Waals surface area contributed by atoms with Crippen LogP contribution in [0, 0.1) is 0 Å². The Morgan fingerprint density at radius 1 is 1.10 bits per heavy atom. The van der Waals surface area contributed by atoms with Gasteiger partial charge in [0, 0.05) is 13.1 Å². The SMILES string of the molecule is O=C(c1ccccc1NS(=O)(=O)c1ccc(Cl)c(C(F)(F)F)c1)N1CCOCC1. The molecule has 1 fully saturated rings. The van der Waals surface area contributed by atoms with Crippen LogP contribution in [0.5, 0.6) is 0 Å². The molecule has 0 aromatic heterocycles. The lowest BCUT2D eigenvalue weighted by atomic mass is 10.1. The number of carbonyl (C=O) groups is 1. The maximum Gasteiger partial charge on any atom is 0.417 e. The van der Waals surface area contributed by atoms with Crippen LogP contribution in [-0.2, 0) is 20.9 Å². The molecule has 0 bridgehead atoms. The van der Waals surface area contributed by atoms with E-state index in [-0.39, 0.29) is 11.3 Å². The zero-order valence-corrected chi connectivity index (χ0v) is 16.4. The third kappa shape index (κ3) is 4.82. The highest BCUT2D eigenvalue weighted by Crippen LogP contribution is 2.36. The average Bonchev–Trinajstić information content (AvgIpc) is 2.67. The van der Waals surface area contributed by atoms with E-state index in [2.05, 4.69) is 4.72 Å². The quantitative estimate of drug-likeness (QED) is 0.775. The minimum absolute atomic E-state index is 0.0347. The van der Waals surface area contributed by atoms with Crippen molar-refractivity contribution in [2.75, 3.05) is 31.0 Å². The molecule has 0 unspecified atom stereocenters. The predicted molar refractivity (Wildman–Crippen MR) is 100 cm³/mol. The monoisotopic (exact) mass is 448 g/mol. The first-order valence-corrected chi connectivity index (χ1v) is 10.3. The number of ether oxygens (including phenoxy) is 1. The second kappa shape index (κ2) is 8.21. The van der Waals surface area contributed by atoms with Gasteiger partial charge in [-0.2, -0.15) is 13.2 Å². The van der Waals surface area contributed by atoms with Gasteiger partial charge in [-0.15, -0.1) is 0 Å². The van der Waals surface area contributed by atoms with Crippen molar-refractivity contribution in [3.63, 3.8) is 0 Å². The molecule has 2 aromatic carbocycles. The number of hydrogen-bond acceptors (Lipinski definition) is 4. The summed E-state index contributed by atoms with van der Waals surface area (Å²) in [6, 6.07) is 8.17. The van der Waals surface area contributed by atoms with Crippen molar-refractivity contribution in [2.45, 2.75) is 11.1 Å². The molecule has 1 saturated heterocycles. The summed E-state index contributed by atoms with van der Waals surface area (Å²) in [5.41, 5.74) is -1.21. The predicted octanol–water partition coefficient (Wildman–Crippen LogP) is 3.63. The minimum atomic E-state index is -4.81. The van der Waals surface area contributed by atoms with Crippen LogP contribution in [0.4, 0.5) is 18.9 Å². The number of para-hydroxylation sites is 1. The molecule has 1 N–H and O–H groups in total. The highest BCUT2D eigenvalue weighted by atomic mass is 35.5. The van der Waals surface area contributed by atoms with E-state index >= 15 is 0 Å². The standard InChI is InChI=1S/C18H16ClF3N2O4S/c19-15-6-5-12(11-14(15)18(20,21)22)29(26,27)23-16-4-2-1-3-13(16)17(25)24-7-9-28-10-8-24/h1-6,11,23H,7-10H2. The highest BCUT2D eigenvalue weighted by molar-refractivity contribution is 7.92. The first-order chi connectivity index (χ1) is 13.6. The van der Waals surface area contributed by atoms with Gasteiger partial charge in [0.15, 0.2) is 0 Å². The lowest BCUT2D eigenvalue weighted by Crippen LogP contribution is -2.41. The Hall–Kier alpha value is -2.30. The molecule has 1 aliphatic rings. The number of nitrogens with zero attached hydrogens (tertiary/aromatic N) is 1. The van der Waals surface area contributed by atoms with Crippen molar-refractivity contribution in [3.8, 4) is 0 Å². The van der Waals surface area contributed by atoms with Crippen LogP contribution in [0.1, 0.15) is 15.9 Å². The maximum atomic E-state index is 13.1. The Morgan fingerprint density at radius 3 is 2.41 bits per heavy atom. The highest BCUT2D eigenvalue weighted by Gasteiger charge is 2.34. The van der Waals surface area contributed by atoms with Gasteiger partial charge in [0.25, 0.3) is 15.9 Å². The lowest BCUT2D eigenvalue weighted by molar-refractivity contribution is -0.137. The summed E-state index contributed by atoms with van der Waals surface area (Å²) < 4.78 is 71.9. The lowest BCUT2D eigenvalue weighted by Gasteiger charge is -2.27. The molecule has 2 aromatic rings. The summed E-state index contributed by atoms with van der Waals surface area (Å²) in [6.45, 7) is 1.44. The van der Waals surface area contributed by atoms with Crippen LogP contribution in [0.15, 0.2) is 47.4 Å². The number of benzene rings is 2. The van der Waals surface area contributed by atoms with E-state index in [1.165, 1.54) is 23.1 Å². The Bertz CT molecular complexity index is 1020. The van der Waals surface area contributed by atoms with Gasteiger partial charge in [0.1, 0.15) is 0 Å². The fourth-order valence-corrected chi connectivity index (χ4v) is 4.12. The number of sulfonamides is 1. The summed E-state index contributed by atoms with van der Waals surface area (Å²) >= 11 is 5.55. The largest absolute Gasteiger partial charge is 0.417 e. The molecule has 6 nitrogen and oxygen atoms in total. The van der Waals surface area contributed by atoms with E-state index in [4.69, 9.17) is 16.3 Å². The Morgan fingerprint density at radius 2 is 1.76 bits per heavy atom. The van der Waals surface area contributed by atoms with Crippen LogP contribution in [-0.4, -0.2) is 45.5 Å². The molecule has 156 valence electrons. The van der Waals surface area contributed by atoms with Gasteiger partial charge >= 0.3 is 6.18 Å². The number of hydrogen-bond donors (Lipinski definition) is 1. The van der Waals surface area contributed by atoms with Gasteiger partial charge in [-0.25, -0.2) is 8.42 Å². The summed E-state index contributed by atoms with van der Waals surface area (Å²) in [4.78, 5) is 13.6. The van der Waals surface area contributed by atoms with Crippen LogP contribution in [0.25, 0.3) is 0 Å². The van der Waals surface area contributed by atoms with E-state index < -0.39 is 37.6 Å². The Labute approximate surface area is 170 Å². The normalized spacial score (nSPS) is 15.2. The second-order valence-electron chi connectivity index (χ2n) is 6.20. The summed E-state index contributed by atoms with van der Waals surface area (Å²) in [5, 5.41) is -0.612. The molecule has 3 rings (SSSR count). The van der Waals surface area contributed by atoms with Crippen LogP contribution in [0.2, 0.25) is 5.02 Å². The van der Waals surface area contributed by atoms with Crippen molar-refractivity contribution in [3.05, 3.63) is 58.6 Å². The van der Waals surface area contributed by atoms with E-state index in [9.17, 15) is 26.4 Å². The first kappa shape index (κ1) is 21.4. The molecular weight excluding hydrogens is 433 g/mol. The molecule has 11 heteroatoms. The molecule has 1 aliphatic heterocycles. The van der Waals surface area contributed by atoms with Crippen molar-refractivity contribution < 1.29 is 31.1 Å². The van der Waals surface area contributed by atoms with E-state index in [1.54, 1.807) is 6.07 Å². The fraction of sp³-hybridized carbons (Fsp3) is 0.278. The van der Waals surface area contributed by atoms with Crippen molar-refractivity contribution in [2.24, 2.45) is 0 Å². The number of halogens is 4. The van der Waals surface area contributed by atoms with E-state index in [1.807, 2.05) is 0 Å². The van der Waals surface area contributed by atoms with Crippen molar-refractivity contribution >= 4 is 33.2 Å². The van der Waals surface area contributed by atoms with Crippen molar-refractivity contribution in [1.29, 1.82) is 0 Å². The molecular formula is C18H16ClF3N2O4S. The number of amides is 1. The van der Waals surface area contributed by atoms with Gasteiger partial charge in [-0.1, -0.05) is 23.7 Å². The smallest absolute Gasteiger partial charge is 0.378 e. The fourth-order valence-electron chi connectivity index (χ4n) is 2.79. The molecule has 1 heterocycles. The topological polar surface area (TPSA) is 75.7 Å². The number of carbonyl (C=O) groups excluding carboxylic acids is 1. The third-order valence-electron chi connectivity index (χ3n) is 4.25. The number of nitrogens with one attached hydrogen (secondary N) is 1. The maximum absolute atomic E-state index is 13.1. The molecule has 29 heavy (non-hydrogen) atoms. The van der Waals surface area contributed by atoms with E-state index in [0.29, 0.717) is 32.4 Å². The third-order valence-corrected chi connectivity index (χ3v) is 5.95. The molecule has 0 aliphatic carbocycles. The summed E-state index contributed by atoms with van der Waals surface area (Å²) in [7, 11) is -4.40. The van der Waals surface area contributed by atoms with E-state index in [0.717, 1.165) is 12.1 Å². The summed E-state index contributed by atoms with van der Waals surface area (Å²) in [6.07, 6.45) is -4.81. The van der Waals surface area contributed by atoms with Gasteiger partial charge in [0.05, 0.1) is 39.9 Å². The number of rotatable bonds is 4. The Balaban J connectivity index is 1.93. The van der Waals surface area contributed by atoms with Crippen LogP contribution < -0.4 is 4.72 Å². The van der Waals surface area contributed by atoms with Crippen LogP contribution >= 0.6 is 11.6 Å². The molecule has 0 saturated carbocycles. The molecule has 0 atom stereocenters. The van der Waals surface area contributed by atoms with Gasteiger partial charge in [-0.3, -0.25) is 9.52 Å². The first-order valence-electron chi connectivity index (χ1n) is 8.45.